The standard InChI is InChI=1S/C5H6N2O4/c1-11-2-7-4(9)3(8)6-5(7)10/h2H2,1H3,(H,6,8,10). The highest BCUT2D eigenvalue weighted by Gasteiger charge is 2.36. The predicted molar refractivity (Wildman–Crippen MR) is 32.3 cm³/mol. The molecule has 0 aromatic heterocycles. The first-order valence-electron chi connectivity index (χ1n) is 2.82. The van der Waals surface area contributed by atoms with Gasteiger partial charge in [0.15, 0.2) is 0 Å². The topological polar surface area (TPSA) is 75.7 Å². The summed E-state index contributed by atoms with van der Waals surface area (Å²) in [5.41, 5.74) is 0. The van der Waals surface area contributed by atoms with Crippen LogP contribution >= 0.6 is 0 Å². The van der Waals surface area contributed by atoms with E-state index in [0.717, 1.165) is 0 Å². The van der Waals surface area contributed by atoms with Crippen molar-refractivity contribution in [3.05, 3.63) is 0 Å². The summed E-state index contributed by atoms with van der Waals surface area (Å²) in [6.45, 7) is -0.198. The molecule has 6 nitrogen and oxygen atoms in total. The zero-order valence-corrected chi connectivity index (χ0v) is 5.79. The Morgan fingerprint density at radius 3 is 2.45 bits per heavy atom. The maximum absolute atomic E-state index is 10.7. The van der Waals surface area contributed by atoms with Gasteiger partial charge >= 0.3 is 17.8 Å². The van der Waals surface area contributed by atoms with Gasteiger partial charge < -0.3 is 4.74 Å². The zero-order chi connectivity index (χ0) is 8.43. The number of nitrogens with zero attached hydrogens (tertiary/aromatic N) is 1. The van der Waals surface area contributed by atoms with Gasteiger partial charge in [0, 0.05) is 7.11 Å². The van der Waals surface area contributed by atoms with E-state index in [0.29, 0.717) is 4.90 Å². The van der Waals surface area contributed by atoms with Crippen molar-refractivity contribution in [1.29, 1.82) is 0 Å². The summed E-state index contributed by atoms with van der Waals surface area (Å²) >= 11 is 0. The highest BCUT2D eigenvalue weighted by Crippen LogP contribution is 1.98. The average molecular weight is 158 g/mol. The molecule has 1 rings (SSSR count). The second kappa shape index (κ2) is 2.67. The smallest absolute Gasteiger partial charge is 0.333 e. The van der Waals surface area contributed by atoms with Gasteiger partial charge in [0.05, 0.1) is 0 Å². The van der Waals surface area contributed by atoms with Crippen molar-refractivity contribution < 1.29 is 19.1 Å². The fraction of sp³-hybridized carbons (Fsp3) is 0.400. The van der Waals surface area contributed by atoms with Crippen molar-refractivity contribution in [1.82, 2.24) is 10.2 Å². The monoisotopic (exact) mass is 158 g/mol. The summed E-state index contributed by atoms with van der Waals surface area (Å²) in [5, 5.41) is 1.82. The lowest BCUT2D eigenvalue weighted by Crippen LogP contribution is -2.32. The fourth-order valence-electron chi connectivity index (χ4n) is 0.679. The van der Waals surface area contributed by atoms with E-state index in [1.165, 1.54) is 7.11 Å². The second-order valence-electron chi connectivity index (χ2n) is 1.91. The Bertz CT molecular complexity index is 225. The predicted octanol–water partition coefficient (Wildman–Crippen LogP) is -1.33. The Hall–Kier alpha value is -1.43. The summed E-state index contributed by atoms with van der Waals surface area (Å²) in [4.78, 5) is 32.6. The van der Waals surface area contributed by atoms with Crippen molar-refractivity contribution in [3.8, 4) is 0 Å². The first-order chi connectivity index (χ1) is 5.16. The SMILES string of the molecule is COCN1C(=O)NC(=O)C1=O. The third-order valence-corrected chi connectivity index (χ3v) is 1.16. The molecule has 1 saturated heterocycles. The molecule has 1 fully saturated rings. The number of amides is 4. The van der Waals surface area contributed by atoms with Crippen molar-refractivity contribution >= 4 is 17.8 Å². The Morgan fingerprint density at radius 2 is 2.09 bits per heavy atom. The van der Waals surface area contributed by atoms with Crippen LogP contribution in [0.25, 0.3) is 0 Å². The maximum atomic E-state index is 10.7. The van der Waals surface area contributed by atoms with Crippen molar-refractivity contribution in [2.24, 2.45) is 0 Å². The summed E-state index contributed by atoms with van der Waals surface area (Å²) < 4.78 is 4.51. The third-order valence-electron chi connectivity index (χ3n) is 1.16. The van der Waals surface area contributed by atoms with E-state index in [-0.39, 0.29) is 6.73 Å². The van der Waals surface area contributed by atoms with Gasteiger partial charge in [-0.05, 0) is 0 Å². The lowest BCUT2D eigenvalue weighted by atomic mass is 10.6. The van der Waals surface area contributed by atoms with E-state index in [9.17, 15) is 14.4 Å². The van der Waals surface area contributed by atoms with Crippen LogP contribution in [-0.4, -0.2) is 36.6 Å². The number of carbonyl (C=O) groups is 3. The van der Waals surface area contributed by atoms with Gasteiger partial charge in [-0.25, -0.2) is 9.69 Å². The van der Waals surface area contributed by atoms with Crippen LogP contribution in [0.15, 0.2) is 0 Å². The molecule has 0 aromatic rings. The van der Waals surface area contributed by atoms with Crippen molar-refractivity contribution in [2.45, 2.75) is 0 Å². The fourth-order valence-corrected chi connectivity index (χ4v) is 0.679. The molecule has 11 heavy (non-hydrogen) atoms. The molecule has 0 radical (unpaired) electrons. The minimum absolute atomic E-state index is 0.198. The Kier molecular flexibility index (Phi) is 1.86. The van der Waals surface area contributed by atoms with Crippen molar-refractivity contribution in [3.63, 3.8) is 0 Å². The molecule has 1 aliphatic heterocycles. The van der Waals surface area contributed by atoms with E-state index >= 15 is 0 Å². The molecule has 60 valence electrons. The van der Waals surface area contributed by atoms with Crippen LogP contribution in [0.1, 0.15) is 0 Å². The number of nitrogens with one attached hydrogen (secondary N) is 1. The molecule has 0 unspecified atom stereocenters. The lowest BCUT2D eigenvalue weighted by molar-refractivity contribution is -0.142. The van der Waals surface area contributed by atoms with Gasteiger partial charge in [-0.15, -0.1) is 0 Å². The molecule has 0 atom stereocenters. The van der Waals surface area contributed by atoms with E-state index in [2.05, 4.69) is 4.74 Å². The number of hydrogen-bond donors (Lipinski definition) is 1. The molecule has 0 bridgehead atoms. The van der Waals surface area contributed by atoms with Gasteiger partial charge in [-0.1, -0.05) is 0 Å². The summed E-state index contributed by atoms with van der Waals surface area (Å²) in [6.07, 6.45) is 0. The Labute approximate surface area is 62.1 Å². The second-order valence-corrected chi connectivity index (χ2v) is 1.91. The Morgan fingerprint density at radius 1 is 1.45 bits per heavy atom. The van der Waals surface area contributed by atoms with Crippen LogP contribution in [0, 0.1) is 0 Å². The third kappa shape index (κ3) is 1.20. The maximum Gasteiger partial charge on any atom is 0.333 e. The summed E-state index contributed by atoms with van der Waals surface area (Å²) in [6, 6.07) is -0.734. The highest BCUT2D eigenvalue weighted by atomic mass is 16.5. The first kappa shape index (κ1) is 7.67. The van der Waals surface area contributed by atoms with Gasteiger partial charge in [0.25, 0.3) is 0 Å². The van der Waals surface area contributed by atoms with Gasteiger partial charge in [-0.3, -0.25) is 14.9 Å². The number of rotatable bonds is 2. The lowest BCUT2D eigenvalue weighted by Gasteiger charge is -2.07. The van der Waals surface area contributed by atoms with Gasteiger partial charge in [0.2, 0.25) is 0 Å². The van der Waals surface area contributed by atoms with Gasteiger partial charge in [-0.2, -0.15) is 0 Å². The summed E-state index contributed by atoms with van der Waals surface area (Å²) in [7, 11) is 1.32. The molecule has 6 heteroatoms. The number of hydrogen-bond acceptors (Lipinski definition) is 4. The molecule has 0 aliphatic carbocycles. The number of urea groups is 1. The quantitative estimate of drug-likeness (QED) is 0.399. The van der Waals surface area contributed by atoms with E-state index in [1.54, 1.807) is 0 Å². The molecule has 1 N–H and O–H groups in total. The summed E-state index contributed by atoms with van der Waals surface area (Å²) in [5.74, 6) is -1.79. The minimum atomic E-state index is -0.910. The molecule has 4 amide bonds. The number of carbonyl (C=O) groups excluding carboxylic acids is 3. The van der Waals surface area contributed by atoms with Crippen LogP contribution in [0.3, 0.4) is 0 Å². The molecule has 0 aromatic carbocycles. The Balaban J connectivity index is 2.71. The highest BCUT2D eigenvalue weighted by molar-refractivity contribution is 6.44. The van der Waals surface area contributed by atoms with E-state index in [1.807, 2.05) is 5.32 Å². The van der Waals surface area contributed by atoms with E-state index in [4.69, 9.17) is 0 Å². The van der Waals surface area contributed by atoms with Crippen LogP contribution < -0.4 is 5.32 Å². The average Bonchev–Trinajstić information content (AvgIpc) is 2.17. The van der Waals surface area contributed by atoms with Crippen LogP contribution in [0.4, 0.5) is 4.79 Å². The van der Waals surface area contributed by atoms with Crippen LogP contribution in [-0.2, 0) is 14.3 Å². The molecular weight excluding hydrogens is 152 g/mol. The number of ether oxygens (including phenoxy) is 1. The molecule has 1 aliphatic rings. The number of imide groups is 2. The number of methoxy groups -OCH3 is 1. The minimum Gasteiger partial charge on any atom is -0.364 e. The zero-order valence-electron chi connectivity index (χ0n) is 5.79. The molecule has 0 spiro atoms. The largest absolute Gasteiger partial charge is 0.364 e. The van der Waals surface area contributed by atoms with Gasteiger partial charge in [0.1, 0.15) is 6.73 Å². The van der Waals surface area contributed by atoms with Crippen LogP contribution in [0.2, 0.25) is 0 Å². The van der Waals surface area contributed by atoms with Crippen molar-refractivity contribution in [2.75, 3.05) is 13.8 Å². The first-order valence-corrected chi connectivity index (χ1v) is 2.82. The molecule has 0 saturated carbocycles. The van der Waals surface area contributed by atoms with E-state index < -0.39 is 17.8 Å². The molecular formula is C5H6N2O4. The van der Waals surface area contributed by atoms with Crippen LogP contribution in [0.5, 0.6) is 0 Å². The molecule has 1 heterocycles. The normalized spacial score (nSPS) is 17.5.